The highest BCUT2D eigenvalue weighted by atomic mass is 35.5. The molecule has 0 aromatic heterocycles. The number of hydrazone groups is 1. The molecule has 4 nitrogen and oxygen atoms in total. The first-order chi connectivity index (χ1) is 10.6. The van der Waals surface area contributed by atoms with Crippen LogP contribution in [0.4, 0.5) is 4.79 Å². The Hall–Kier alpha value is -2.33. The van der Waals surface area contributed by atoms with E-state index < -0.39 is 6.09 Å². The van der Waals surface area contributed by atoms with Gasteiger partial charge in [-0.3, -0.25) is 0 Å². The van der Waals surface area contributed by atoms with Crippen LogP contribution in [-0.4, -0.2) is 28.0 Å². The zero-order valence-electron chi connectivity index (χ0n) is 12.0. The van der Waals surface area contributed by atoms with Gasteiger partial charge in [0.1, 0.15) is 0 Å². The van der Waals surface area contributed by atoms with Crippen molar-refractivity contribution < 1.29 is 9.90 Å². The van der Waals surface area contributed by atoms with Crippen molar-refractivity contribution in [2.24, 2.45) is 5.10 Å². The maximum absolute atomic E-state index is 11.4. The minimum atomic E-state index is -1.04. The van der Waals surface area contributed by atoms with Crippen molar-refractivity contribution in [3.8, 4) is 0 Å². The second kappa shape index (κ2) is 5.81. The normalized spacial score (nSPS) is 20.8. The number of hydrogen-bond acceptors (Lipinski definition) is 2. The lowest BCUT2D eigenvalue weighted by Crippen LogP contribution is -2.33. The first kappa shape index (κ1) is 14.6. The Morgan fingerprint density at radius 2 is 1.77 bits per heavy atom. The van der Waals surface area contributed by atoms with Crippen molar-refractivity contribution in [2.45, 2.75) is 18.9 Å². The number of nitrogens with zero attached hydrogens (tertiary/aromatic N) is 2. The van der Waals surface area contributed by atoms with Gasteiger partial charge >= 0.3 is 6.09 Å². The van der Waals surface area contributed by atoms with Crippen LogP contribution in [0.2, 0.25) is 5.02 Å². The number of amides is 1. The predicted octanol–water partition coefficient (Wildman–Crippen LogP) is 4.21. The van der Waals surface area contributed by atoms with Crippen molar-refractivity contribution in [1.82, 2.24) is 5.01 Å². The molecule has 0 aliphatic carbocycles. The molecule has 112 valence electrons. The molecule has 0 spiro atoms. The molecule has 1 aliphatic heterocycles. The van der Waals surface area contributed by atoms with Gasteiger partial charge in [-0.1, -0.05) is 54.1 Å². The summed E-state index contributed by atoms with van der Waals surface area (Å²) in [5.74, 6) is -0.0986. The van der Waals surface area contributed by atoms with E-state index in [9.17, 15) is 9.90 Å². The Morgan fingerprint density at radius 1 is 1.14 bits per heavy atom. The third kappa shape index (κ3) is 2.57. The van der Waals surface area contributed by atoms with Crippen molar-refractivity contribution in [3.05, 3.63) is 70.7 Å². The van der Waals surface area contributed by atoms with Crippen LogP contribution in [0.3, 0.4) is 0 Å². The second-order valence-corrected chi connectivity index (χ2v) is 5.68. The van der Waals surface area contributed by atoms with E-state index in [1.807, 2.05) is 49.4 Å². The molecule has 2 atom stereocenters. The molecule has 2 aromatic rings. The molecule has 1 amide bonds. The van der Waals surface area contributed by atoms with Crippen LogP contribution < -0.4 is 0 Å². The van der Waals surface area contributed by atoms with E-state index in [0.717, 1.165) is 21.8 Å². The molecule has 1 N–H and O–H groups in total. The highest BCUT2D eigenvalue weighted by Gasteiger charge is 2.38. The number of rotatable bonds is 2. The molecule has 22 heavy (non-hydrogen) atoms. The van der Waals surface area contributed by atoms with Crippen molar-refractivity contribution in [3.63, 3.8) is 0 Å². The van der Waals surface area contributed by atoms with E-state index in [0.29, 0.717) is 5.02 Å². The molecular formula is C17H15ClN2O2. The summed E-state index contributed by atoms with van der Waals surface area (Å²) in [5, 5.41) is 15.5. The third-order valence-corrected chi connectivity index (χ3v) is 4.12. The largest absolute Gasteiger partial charge is 0.464 e. The number of halogens is 1. The fourth-order valence-electron chi connectivity index (χ4n) is 2.81. The van der Waals surface area contributed by atoms with Crippen molar-refractivity contribution >= 4 is 23.4 Å². The van der Waals surface area contributed by atoms with Crippen molar-refractivity contribution in [1.29, 1.82) is 0 Å². The van der Waals surface area contributed by atoms with E-state index in [1.54, 1.807) is 12.1 Å². The summed E-state index contributed by atoms with van der Waals surface area (Å²) < 4.78 is 0. The predicted molar refractivity (Wildman–Crippen MR) is 86.5 cm³/mol. The molecule has 0 saturated heterocycles. The zero-order valence-corrected chi connectivity index (χ0v) is 12.7. The average molecular weight is 315 g/mol. The number of carboxylic acid groups (broad SMARTS) is 1. The van der Waals surface area contributed by atoms with E-state index in [-0.39, 0.29) is 12.0 Å². The molecule has 3 rings (SSSR count). The molecule has 0 bridgehead atoms. The van der Waals surface area contributed by atoms with Gasteiger partial charge in [0, 0.05) is 5.02 Å². The maximum atomic E-state index is 11.4. The van der Waals surface area contributed by atoms with E-state index in [4.69, 9.17) is 11.6 Å². The lowest BCUT2D eigenvalue weighted by atomic mass is 9.86. The summed E-state index contributed by atoms with van der Waals surface area (Å²) >= 11 is 5.94. The summed E-state index contributed by atoms with van der Waals surface area (Å²) in [7, 11) is 0. The van der Waals surface area contributed by atoms with Crippen LogP contribution in [0.1, 0.15) is 24.0 Å². The summed E-state index contributed by atoms with van der Waals surface area (Å²) in [6, 6.07) is 16.9. The Labute approximate surface area is 133 Å². The van der Waals surface area contributed by atoms with Crippen LogP contribution in [0, 0.1) is 0 Å². The lowest BCUT2D eigenvalue weighted by Gasteiger charge is -2.21. The van der Waals surface area contributed by atoms with Crippen LogP contribution in [0.15, 0.2) is 59.7 Å². The molecule has 1 aliphatic rings. The van der Waals surface area contributed by atoms with Crippen molar-refractivity contribution in [2.75, 3.05) is 0 Å². The van der Waals surface area contributed by atoms with E-state index in [2.05, 4.69) is 5.10 Å². The molecule has 0 unspecified atom stereocenters. The Morgan fingerprint density at radius 3 is 2.36 bits per heavy atom. The average Bonchev–Trinajstić information content (AvgIpc) is 2.86. The fourth-order valence-corrected chi connectivity index (χ4v) is 2.94. The maximum Gasteiger partial charge on any atom is 0.428 e. The standard InChI is InChI=1S/C17H15ClN2O2/c1-11-15(12-5-3-2-4-6-12)16(19-20(11)17(21)22)13-7-9-14(18)10-8-13/h2-11,15H,1H3,(H,21,22)/t11-,15+/m0/s1. The molecule has 2 aromatic carbocycles. The zero-order chi connectivity index (χ0) is 15.7. The van der Waals surface area contributed by atoms with Gasteiger partial charge < -0.3 is 5.11 Å². The minimum absolute atomic E-state index is 0.0986. The van der Waals surface area contributed by atoms with Gasteiger partial charge in [0.25, 0.3) is 0 Å². The Balaban J connectivity index is 2.08. The summed E-state index contributed by atoms with van der Waals surface area (Å²) in [6.07, 6.45) is -1.04. The van der Waals surface area contributed by atoms with E-state index in [1.165, 1.54) is 0 Å². The molecule has 0 radical (unpaired) electrons. The number of carbonyl (C=O) groups is 1. The van der Waals surface area contributed by atoms with Crippen LogP contribution in [0.25, 0.3) is 0 Å². The first-order valence-corrected chi connectivity index (χ1v) is 7.37. The monoisotopic (exact) mass is 314 g/mol. The van der Waals surface area contributed by atoms with Gasteiger partial charge in [0.2, 0.25) is 0 Å². The molecule has 5 heteroatoms. The van der Waals surface area contributed by atoms with Gasteiger partial charge in [-0.05, 0) is 30.2 Å². The topological polar surface area (TPSA) is 52.9 Å². The fraction of sp³-hybridized carbons (Fsp3) is 0.176. The highest BCUT2D eigenvalue weighted by molar-refractivity contribution is 6.30. The van der Waals surface area contributed by atoms with Gasteiger partial charge in [-0.2, -0.15) is 10.1 Å². The molecule has 0 fully saturated rings. The van der Waals surface area contributed by atoms with Gasteiger partial charge in [-0.15, -0.1) is 0 Å². The first-order valence-electron chi connectivity index (χ1n) is 6.99. The smallest absolute Gasteiger partial charge is 0.428 e. The van der Waals surface area contributed by atoms with Crippen LogP contribution in [-0.2, 0) is 0 Å². The summed E-state index contributed by atoms with van der Waals surface area (Å²) in [6.45, 7) is 1.87. The van der Waals surface area contributed by atoms with Gasteiger partial charge in [0.05, 0.1) is 17.7 Å². The van der Waals surface area contributed by atoms with Crippen LogP contribution in [0.5, 0.6) is 0 Å². The van der Waals surface area contributed by atoms with Gasteiger partial charge in [0.15, 0.2) is 0 Å². The Kier molecular flexibility index (Phi) is 3.86. The van der Waals surface area contributed by atoms with Gasteiger partial charge in [-0.25, -0.2) is 4.79 Å². The molecule has 1 heterocycles. The second-order valence-electron chi connectivity index (χ2n) is 5.25. The highest BCUT2D eigenvalue weighted by Crippen LogP contribution is 2.34. The minimum Gasteiger partial charge on any atom is -0.464 e. The SMILES string of the molecule is C[C@H]1[C@H](c2ccccc2)C(c2ccc(Cl)cc2)=NN1C(=O)O. The summed E-state index contributed by atoms with van der Waals surface area (Å²) in [4.78, 5) is 11.4. The van der Waals surface area contributed by atoms with E-state index >= 15 is 0 Å². The quantitative estimate of drug-likeness (QED) is 0.902. The molecule has 0 saturated carbocycles. The number of benzene rings is 2. The number of hydrogen-bond donors (Lipinski definition) is 1. The molecular weight excluding hydrogens is 300 g/mol. The van der Waals surface area contributed by atoms with Crippen LogP contribution >= 0.6 is 11.6 Å². The lowest BCUT2D eigenvalue weighted by molar-refractivity contribution is 0.135. The third-order valence-electron chi connectivity index (χ3n) is 3.87. The Bertz CT molecular complexity index is 713. The summed E-state index contributed by atoms with van der Waals surface area (Å²) in [5.41, 5.74) is 2.68.